The van der Waals surface area contributed by atoms with Crippen molar-refractivity contribution in [2.24, 2.45) is 0 Å². The van der Waals surface area contributed by atoms with E-state index in [-0.39, 0.29) is 68.1 Å². The van der Waals surface area contributed by atoms with Crippen LogP contribution in [0.4, 0.5) is 34.1 Å². The normalized spacial score (nSPS) is 15.1. The van der Waals surface area contributed by atoms with Crippen LogP contribution < -0.4 is 59.2 Å². The molecule has 12 aromatic carbocycles. The Hall–Kier alpha value is -15.6. The fourth-order valence-electron chi connectivity index (χ4n) is 21.2. The summed E-state index contributed by atoms with van der Waals surface area (Å²) >= 11 is 0. The number of fused-ring (bicyclic) bond motifs is 12. The molecule has 25 rings (SSSR count). The Morgan fingerprint density at radius 1 is 0.268 bits per heavy atom. The molecule has 0 saturated heterocycles. The summed E-state index contributed by atoms with van der Waals surface area (Å²) in [6.07, 6.45) is 14.0. The van der Waals surface area contributed by atoms with Crippen molar-refractivity contribution in [3.63, 3.8) is 0 Å². The van der Waals surface area contributed by atoms with E-state index in [1.165, 1.54) is 87.5 Å². The topological polar surface area (TPSA) is 442 Å². The second-order valence-corrected chi connectivity index (χ2v) is 49.0. The second-order valence-electron chi connectivity index (χ2n) is 38.1. The Balaban J connectivity index is 0.000000108. The standard InChI is InChI=1S/C20H18N2O3S.C19H18N2O4S.C19H18N2O3S.3C18H16N2O3S/c23-20-17-4-2-6-19(16(17)9-11-21-20)26(24,25)22-12-10-15-14(13-7-8-13)3-1-5-18(15)22;1-12(22)13-4-2-6-17-14(13)9-11-21(17)26(24,25)18-7-3-5-16-15(18)8-10-20-19(16)23;1-19(2)12-21(16-8-4-3-7-15(16)19)25(23,24)17-9-5-6-14-13(17)10-11-20-18(14)22;3*1-12-4-2-6-16-13(12)9-11-20(16)24(22,23)17-7-3-5-15-14(17)8-10-19-18(15)21/h1-6,9,11,13H,7-8,10,12H2,(H,21,23);2-8,10,12,22H,9,11H2,1H3,(H,20,23);3-11H,12H2,1-2H3,(H,20,22);3*2-8,10H,9,11H2,1H3,(H,19,21). The highest BCUT2D eigenvalue weighted by molar-refractivity contribution is 7.94. The molecule has 37 heteroatoms. The number of sulfonamides is 6. The van der Waals surface area contributed by atoms with Crippen molar-refractivity contribution in [3.05, 3.63) is 421 Å². The van der Waals surface area contributed by atoms with Crippen molar-refractivity contribution >= 4 is 159 Å². The van der Waals surface area contributed by atoms with Crippen molar-refractivity contribution in [1.29, 1.82) is 0 Å². The molecule has 7 aliphatic rings. The van der Waals surface area contributed by atoms with Gasteiger partial charge in [-0.1, -0.05) is 129 Å². The van der Waals surface area contributed by atoms with E-state index in [1.54, 1.807) is 159 Å². The number of aliphatic hydroxyl groups excluding tert-OH is 1. The number of H-pyrrole nitrogens is 6. The number of benzene rings is 12. The summed E-state index contributed by atoms with van der Waals surface area (Å²) in [5, 5.41) is 14.8. The Morgan fingerprint density at radius 2 is 0.503 bits per heavy atom. The molecule has 31 nitrogen and oxygen atoms in total. The van der Waals surface area contributed by atoms with Crippen LogP contribution in [0.2, 0.25) is 0 Å². The quantitative estimate of drug-likeness (QED) is 0.0531. The van der Waals surface area contributed by atoms with Crippen LogP contribution in [0.1, 0.15) is 107 Å². The number of aryl methyl sites for hydroxylation is 3. The van der Waals surface area contributed by atoms with Gasteiger partial charge in [0.05, 0.1) is 69.6 Å². The lowest BCUT2D eigenvalue weighted by molar-refractivity contribution is 0.198. The van der Waals surface area contributed by atoms with Gasteiger partial charge in [-0.3, -0.25) is 54.6 Å². The van der Waals surface area contributed by atoms with Gasteiger partial charge >= 0.3 is 0 Å². The van der Waals surface area contributed by atoms with Crippen molar-refractivity contribution in [2.75, 3.05) is 65.1 Å². The lowest BCUT2D eigenvalue weighted by Gasteiger charge is -2.23. The number of aromatic nitrogens is 6. The summed E-state index contributed by atoms with van der Waals surface area (Å²) in [4.78, 5) is 88.4. The number of hydrogen-bond donors (Lipinski definition) is 7. The van der Waals surface area contributed by atoms with E-state index >= 15 is 0 Å². The number of anilines is 6. The van der Waals surface area contributed by atoms with E-state index in [4.69, 9.17) is 0 Å². The molecule has 0 spiro atoms. The van der Waals surface area contributed by atoms with Gasteiger partial charge < -0.3 is 35.0 Å². The van der Waals surface area contributed by atoms with Crippen LogP contribution in [0, 0.1) is 20.8 Å². The summed E-state index contributed by atoms with van der Waals surface area (Å²) in [7, 11) is -22.6. The van der Waals surface area contributed by atoms with Crippen LogP contribution >= 0.6 is 0 Å². The van der Waals surface area contributed by atoms with Crippen molar-refractivity contribution in [2.45, 2.75) is 133 Å². The van der Waals surface area contributed by atoms with E-state index in [9.17, 15) is 84.4 Å². The minimum atomic E-state index is -3.84. The molecule has 0 amide bonds. The number of nitrogens with zero attached hydrogens (tertiary/aromatic N) is 6. The Kier molecular flexibility index (Phi) is 26.5. The van der Waals surface area contributed by atoms with Crippen LogP contribution in [0.15, 0.2) is 356 Å². The number of pyridine rings is 6. The molecular formula is C112H102N12O19S6. The molecule has 1 unspecified atom stereocenters. The summed E-state index contributed by atoms with van der Waals surface area (Å²) in [6, 6.07) is 74.6. The minimum Gasteiger partial charge on any atom is -0.389 e. The summed E-state index contributed by atoms with van der Waals surface area (Å²) < 4.78 is 169. The summed E-state index contributed by atoms with van der Waals surface area (Å²) in [5.41, 5.74) is 13.8. The molecule has 1 atom stereocenters. The predicted octanol–water partition coefficient (Wildman–Crippen LogP) is 16.3. The zero-order valence-corrected chi connectivity index (χ0v) is 86.5. The van der Waals surface area contributed by atoms with Crippen LogP contribution in [0.5, 0.6) is 0 Å². The van der Waals surface area contributed by atoms with Crippen molar-refractivity contribution in [1.82, 2.24) is 29.9 Å². The first-order chi connectivity index (χ1) is 71.3. The second kappa shape index (κ2) is 39.2. The smallest absolute Gasteiger partial charge is 0.264 e. The lowest BCUT2D eigenvalue weighted by atomic mass is 9.87. The Morgan fingerprint density at radius 3 is 0.792 bits per heavy atom. The lowest BCUT2D eigenvalue weighted by Crippen LogP contribution is -2.34. The molecule has 7 N–H and O–H groups in total. The van der Waals surface area contributed by atoms with Gasteiger partial charge in [0.15, 0.2) is 0 Å². The molecule has 12 heterocycles. The molecule has 149 heavy (non-hydrogen) atoms. The molecule has 6 aromatic heterocycles. The third-order valence-electron chi connectivity index (χ3n) is 28.7. The largest absolute Gasteiger partial charge is 0.389 e. The van der Waals surface area contributed by atoms with E-state index in [0.717, 1.165) is 84.8 Å². The monoisotopic (exact) mass is 2110 g/mol. The molecule has 1 fully saturated rings. The zero-order valence-electron chi connectivity index (χ0n) is 81.6. The Labute approximate surface area is 857 Å². The molecule has 18 aromatic rings. The van der Waals surface area contributed by atoms with Gasteiger partial charge in [0, 0.05) is 146 Å². The minimum absolute atomic E-state index is 0.108. The van der Waals surface area contributed by atoms with Gasteiger partial charge in [0.25, 0.3) is 93.5 Å². The molecule has 760 valence electrons. The number of rotatable bonds is 14. The first-order valence-electron chi connectivity index (χ1n) is 48.4. The fraction of sp³-hybridized carbons (Fsp3) is 0.196. The zero-order chi connectivity index (χ0) is 105. The SMILES string of the molecule is CC(O)c1cccc2c1CCN2S(=O)(=O)c1cccc2c(=O)[nH]ccc12.CC1(C)CN(S(=O)(=O)c2cccc3c(=O)[nH]ccc23)c2ccccc21.Cc1cccc2c1CCN2S(=O)(=O)c1cccc2c(=O)[nH]ccc12.Cc1cccc2c1CCN2S(=O)(=O)c1cccc2c(=O)[nH]ccc12.Cc1cccc2c1CCN2S(=O)(=O)c1cccc2c(=O)[nH]ccc12.O=c1[nH]ccc2c(S(=O)(=O)N3CCc4c(C5CC5)cccc43)cccc12. The average molecular weight is 2110 g/mol. The number of aromatic amines is 6. The van der Waals surface area contributed by atoms with Gasteiger partial charge in [-0.05, 0) is 285 Å². The molecule has 1 saturated carbocycles. The maximum Gasteiger partial charge on any atom is 0.264 e. The molecule has 0 bridgehead atoms. The van der Waals surface area contributed by atoms with Crippen molar-refractivity contribution in [3.8, 4) is 0 Å². The molecule has 0 radical (unpaired) electrons. The highest BCUT2D eigenvalue weighted by Gasteiger charge is 2.44. The third-order valence-corrected chi connectivity index (χ3v) is 39.8. The number of nitrogens with one attached hydrogen (secondary N) is 6. The predicted molar refractivity (Wildman–Crippen MR) is 582 cm³/mol. The van der Waals surface area contributed by atoms with Gasteiger partial charge in [-0.25, -0.2) is 50.5 Å². The van der Waals surface area contributed by atoms with Gasteiger partial charge in [-0.15, -0.1) is 0 Å². The van der Waals surface area contributed by atoms with Crippen LogP contribution in [0.25, 0.3) is 64.6 Å². The molecule has 1 aliphatic carbocycles. The number of para-hydroxylation sites is 1. The molecule has 6 aliphatic heterocycles. The van der Waals surface area contributed by atoms with E-state index in [0.29, 0.717) is 147 Å². The summed E-state index contributed by atoms with van der Waals surface area (Å²) in [6.45, 7) is 14.1. The fourth-order valence-corrected chi connectivity index (χ4v) is 31.6. The summed E-state index contributed by atoms with van der Waals surface area (Å²) in [5.74, 6) is 0.587. The number of hydrogen-bond acceptors (Lipinski definition) is 19. The average Bonchev–Trinajstić information content (AvgIpc) is 1.57. The Bertz CT molecular complexity index is 9100. The first kappa shape index (κ1) is 101. The van der Waals surface area contributed by atoms with Crippen LogP contribution in [-0.2, 0) is 97.7 Å². The maximum atomic E-state index is 13.4. The van der Waals surface area contributed by atoms with Gasteiger partial charge in [0.2, 0.25) is 0 Å². The van der Waals surface area contributed by atoms with E-state index < -0.39 is 66.2 Å². The van der Waals surface area contributed by atoms with Gasteiger partial charge in [-0.2, -0.15) is 0 Å². The van der Waals surface area contributed by atoms with E-state index in [2.05, 4.69) is 36.0 Å². The molecular weight excluding hydrogens is 2010 g/mol. The van der Waals surface area contributed by atoms with Crippen LogP contribution in [0.3, 0.4) is 0 Å². The van der Waals surface area contributed by atoms with Gasteiger partial charge in [0.1, 0.15) is 0 Å². The third kappa shape index (κ3) is 18.1. The van der Waals surface area contributed by atoms with Crippen molar-refractivity contribution < 1.29 is 55.6 Å². The highest BCUT2D eigenvalue weighted by Crippen LogP contribution is 2.49. The van der Waals surface area contributed by atoms with Crippen LogP contribution in [-0.4, -0.2) is 125 Å². The number of aliphatic hydroxyl groups is 1. The van der Waals surface area contributed by atoms with E-state index in [1.807, 2.05) is 132 Å². The first-order valence-corrected chi connectivity index (χ1v) is 57.0. The maximum absolute atomic E-state index is 13.4. The highest BCUT2D eigenvalue weighted by atomic mass is 32.2.